The van der Waals surface area contributed by atoms with Gasteiger partial charge >= 0.3 is 0 Å². The van der Waals surface area contributed by atoms with Gasteiger partial charge in [-0.1, -0.05) is 22.9 Å². The number of halogens is 1. The molecule has 0 aliphatic carbocycles. The summed E-state index contributed by atoms with van der Waals surface area (Å²) in [6.07, 6.45) is 0. The van der Waals surface area contributed by atoms with Crippen LogP contribution < -0.4 is 0 Å². The van der Waals surface area contributed by atoms with Crippen molar-refractivity contribution >= 4 is 26.0 Å². The van der Waals surface area contributed by atoms with E-state index in [4.69, 9.17) is 0 Å². The van der Waals surface area contributed by atoms with E-state index in [9.17, 15) is 8.42 Å². The van der Waals surface area contributed by atoms with Gasteiger partial charge in [-0.25, -0.2) is 8.42 Å². The molecular weight excluding hydrogens is 328 g/mol. The van der Waals surface area contributed by atoms with Gasteiger partial charge in [0.25, 0.3) is 0 Å². The van der Waals surface area contributed by atoms with Crippen molar-refractivity contribution in [2.24, 2.45) is 0 Å². The monoisotopic (exact) mass is 346 g/mol. The van der Waals surface area contributed by atoms with Gasteiger partial charge in [-0.15, -0.1) is 0 Å². The fraction of sp³-hybridized carbons (Fsp3) is 0.538. The van der Waals surface area contributed by atoms with Crippen LogP contribution in [0, 0.1) is 6.92 Å². The largest absolute Gasteiger partial charge is 0.301 e. The van der Waals surface area contributed by atoms with E-state index in [2.05, 4.69) is 27.8 Å². The first-order valence-corrected chi connectivity index (χ1v) is 8.67. The van der Waals surface area contributed by atoms with Crippen molar-refractivity contribution in [3.8, 4) is 0 Å². The minimum Gasteiger partial charge on any atom is -0.301 e. The van der Waals surface area contributed by atoms with Gasteiger partial charge < -0.3 is 4.90 Å². The number of rotatable bonds is 3. The first-order chi connectivity index (χ1) is 8.95. The Bertz CT molecular complexity index is 552. The van der Waals surface area contributed by atoms with E-state index in [1.807, 2.05) is 6.92 Å². The molecule has 0 atom stereocenters. The number of aryl methyl sites for hydroxylation is 1. The number of hydrogen-bond acceptors (Lipinski definition) is 3. The van der Waals surface area contributed by atoms with Crippen LogP contribution in [0.15, 0.2) is 27.6 Å². The van der Waals surface area contributed by atoms with E-state index in [1.54, 1.807) is 22.5 Å². The standard InChI is InChI=1S/C13H19BrN2O2S/c1-3-15-6-8-16(9-7-15)19(17,18)12-4-5-13(14)11(2)10-12/h4-5,10H,3,6-9H2,1-2H3. The number of hydrogen-bond donors (Lipinski definition) is 0. The number of likely N-dealkylation sites (N-methyl/N-ethyl adjacent to an activating group) is 1. The lowest BCUT2D eigenvalue weighted by atomic mass is 10.2. The molecule has 1 aliphatic heterocycles. The number of nitrogens with zero attached hydrogens (tertiary/aromatic N) is 2. The fourth-order valence-corrected chi connectivity index (χ4v) is 3.97. The lowest BCUT2D eigenvalue weighted by molar-refractivity contribution is 0.196. The maximum atomic E-state index is 12.5. The van der Waals surface area contributed by atoms with Crippen molar-refractivity contribution in [1.82, 2.24) is 9.21 Å². The lowest BCUT2D eigenvalue weighted by Gasteiger charge is -2.33. The van der Waals surface area contributed by atoms with E-state index >= 15 is 0 Å². The van der Waals surface area contributed by atoms with Crippen LogP contribution in [0.1, 0.15) is 12.5 Å². The van der Waals surface area contributed by atoms with Gasteiger partial charge in [0.05, 0.1) is 4.90 Å². The van der Waals surface area contributed by atoms with E-state index in [0.717, 1.165) is 29.7 Å². The highest BCUT2D eigenvalue weighted by Crippen LogP contribution is 2.23. The highest BCUT2D eigenvalue weighted by molar-refractivity contribution is 9.10. The molecule has 0 saturated carbocycles. The normalized spacial score (nSPS) is 18.7. The molecule has 0 amide bonds. The Morgan fingerprint density at radius 2 is 1.84 bits per heavy atom. The summed E-state index contributed by atoms with van der Waals surface area (Å²) < 4.78 is 27.6. The van der Waals surface area contributed by atoms with Crippen LogP contribution in [-0.4, -0.2) is 50.3 Å². The Balaban J connectivity index is 2.21. The molecule has 1 aliphatic rings. The van der Waals surface area contributed by atoms with Gasteiger partial charge in [-0.2, -0.15) is 4.31 Å². The number of piperazine rings is 1. The summed E-state index contributed by atoms with van der Waals surface area (Å²) in [7, 11) is -3.35. The number of benzene rings is 1. The molecule has 1 fully saturated rings. The molecule has 1 aromatic carbocycles. The summed E-state index contributed by atoms with van der Waals surface area (Å²) in [5.41, 5.74) is 0.938. The molecule has 19 heavy (non-hydrogen) atoms. The first kappa shape index (κ1) is 15.0. The van der Waals surface area contributed by atoms with Crippen molar-refractivity contribution in [2.45, 2.75) is 18.7 Å². The Morgan fingerprint density at radius 1 is 1.21 bits per heavy atom. The van der Waals surface area contributed by atoms with Crippen molar-refractivity contribution in [3.63, 3.8) is 0 Å². The highest BCUT2D eigenvalue weighted by atomic mass is 79.9. The van der Waals surface area contributed by atoms with Crippen LogP contribution in [0.4, 0.5) is 0 Å². The minimum atomic E-state index is -3.35. The molecule has 0 radical (unpaired) electrons. The van der Waals surface area contributed by atoms with E-state index < -0.39 is 10.0 Å². The third kappa shape index (κ3) is 3.18. The summed E-state index contributed by atoms with van der Waals surface area (Å²) >= 11 is 3.39. The maximum absolute atomic E-state index is 12.5. The van der Waals surface area contributed by atoms with Gasteiger partial charge in [-0.3, -0.25) is 0 Å². The molecule has 2 rings (SSSR count). The highest BCUT2D eigenvalue weighted by Gasteiger charge is 2.28. The Kier molecular flexibility index (Phi) is 4.66. The van der Waals surface area contributed by atoms with Crippen LogP contribution in [0.5, 0.6) is 0 Å². The maximum Gasteiger partial charge on any atom is 0.243 e. The van der Waals surface area contributed by atoms with E-state index in [0.29, 0.717) is 18.0 Å². The second kappa shape index (κ2) is 5.91. The summed E-state index contributed by atoms with van der Waals surface area (Å²) in [4.78, 5) is 2.65. The van der Waals surface area contributed by atoms with Gasteiger partial charge in [0.1, 0.15) is 0 Å². The molecular formula is C13H19BrN2O2S. The first-order valence-electron chi connectivity index (χ1n) is 6.44. The van der Waals surface area contributed by atoms with Crippen molar-refractivity contribution in [2.75, 3.05) is 32.7 Å². The van der Waals surface area contributed by atoms with Gasteiger partial charge in [0, 0.05) is 30.7 Å². The van der Waals surface area contributed by atoms with E-state index in [1.165, 1.54) is 0 Å². The molecule has 1 aromatic rings. The van der Waals surface area contributed by atoms with Crippen LogP contribution in [0.25, 0.3) is 0 Å². The van der Waals surface area contributed by atoms with Gasteiger partial charge in [0.15, 0.2) is 0 Å². The topological polar surface area (TPSA) is 40.6 Å². The van der Waals surface area contributed by atoms with Gasteiger partial charge in [0.2, 0.25) is 10.0 Å². The summed E-state index contributed by atoms with van der Waals surface area (Å²) in [6.45, 7) is 7.75. The van der Waals surface area contributed by atoms with E-state index in [-0.39, 0.29) is 0 Å². The second-order valence-corrected chi connectivity index (χ2v) is 7.54. The van der Waals surface area contributed by atoms with Crippen LogP contribution in [-0.2, 0) is 10.0 Å². The molecule has 106 valence electrons. The predicted octanol–water partition coefficient (Wildman–Crippen LogP) is 2.08. The zero-order valence-electron chi connectivity index (χ0n) is 11.3. The smallest absolute Gasteiger partial charge is 0.243 e. The zero-order valence-corrected chi connectivity index (χ0v) is 13.7. The van der Waals surface area contributed by atoms with Crippen molar-refractivity contribution < 1.29 is 8.42 Å². The van der Waals surface area contributed by atoms with Crippen molar-refractivity contribution in [3.05, 3.63) is 28.2 Å². The average molecular weight is 347 g/mol. The Hall–Kier alpha value is -0.430. The molecule has 1 saturated heterocycles. The Labute approximate surface area is 123 Å². The molecule has 0 aromatic heterocycles. The molecule has 0 bridgehead atoms. The van der Waals surface area contributed by atoms with Crippen LogP contribution >= 0.6 is 15.9 Å². The molecule has 0 spiro atoms. The molecule has 1 heterocycles. The fourth-order valence-electron chi connectivity index (χ4n) is 2.21. The Morgan fingerprint density at radius 3 is 2.37 bits per heavy atom. The molecule has 0 N–H and O–H groups in total. The number of sulfonamides is 1. The third-order valence-electron chi connectivity index (χ3n) is 3.55. The van der Waals surface area contributed by atoms with Crippen LogP contribution in [0.3, 0.4) is 0 Å². The summed E-state index contributed by atoms with van der Waals surface area (Å²) in [5, 5.41) is 0. The second-order valence-electron chi connectivity index (χ2n) is 4.75. The third-order valence-corrected chi connectivity index (χ3v) is 6.33. The molecule has 6 heteroatoms. The SMILES string of the molecule is CCN1CCN(S(=O)(=O)c2ccc(Br)c(C)c2)CC1. The molecule has 4 nitrogen and oxygen atoms in total. The average Bonchev–Trinajstić information content (AvgIpc) is 2.41. The van der Waals surface area contributed by atoms with Gasteiger partial charge in [-0.05, 0) is 37.2 Å². The quantitative estimate of drug-likeness (QED) is 0.841. The minimum absolute atomic E-state index is 0.387. The van der Waals surface area contributed by atoms with Crippen molar-refractivity contribution in [1.29, 1.82) is 0 Å². The molecule has 0 unspecified atom stereocenters. The zero-order chi connectivity index (χ0) is 14.0. The predicted molar refractivity (Wildman–Crippen MR) is 79.8 cm³/mol. The summed E-state index contributed by atoms with van der Waals surface area (Å²) in [5.74, 6) is 0. The summed E-state index contributed by atoms with van der Waals surface area (Å²) in [6, 6.07) is 5.19. The van der Waals surface area contributed by atoms with Crippen LogP contribution in [0.2, 0.25) is 0 Å². The lowest BCUT2D eigenvalue weighted by Crippen LogP contribution is -2.48.